The zero-order valence-corrected chi connectivity index (χ0v) is 14.0. The molecule has 0 radical (unpaired) electrons. The van der Waals surface area contributed by atoms with Crippen LogP contribution in [0, 0.1) is 0 Å². The highest BCUT2D eigenvalue weighted by molar-refractivity contribution is 6.30. The van der Waals surface area contributed by atoms with Crippen LogP contribution in [-0.4, -0.2) is 38.9 Å². The highest BCUT2D eigenvalue weighted by Crippen LogP contribution is 2.25. The van der Waals surface area contributed by atoms with Crippen LogP contribution in [0.3, 0.4) is 0 Å². The van der Waals surface area contributed by atoms with Crippen molar-refractivity contribution in [3.05, 3.63) is 35.2 Å². The molecule has 23 heavy (non-hydrogen) atoms. The predicted molar refractivity (Wildman–Crippen MR) is 89.1 cm³/mol. The molecule has 6 heteroatoms. The molecule has 5 nitrogen and oxygen atoms in total. The van der Waals surface area contributed by atoms with E-state index in [-0.39, 0.29) is 12.1 Å². The summed E-state index contributed by atoms with van der Waals surface area (Å²) in [5.74, 6) is 1.09. The van der Waals surface area contributed by atoms with E-state index in [4.69, 9.17) is 16.0 Å². The topological polar surface area (TPSA) is 62.4 Å². The second kappa shape index (κ2) is 7.43. The van der Waals surface area contributed by atoms with Crippen LogP contribution in [0.1, 0.15) is 38.5 Å². The third kappa shape index (κ3) is 3.91. The van der Waals surface area contributed by atoms with Crippen molar-refractivity contribution >= 4 is 11.6 Å². The maximum atomic E-state index is 10.2. The number of hydrogen-bond donors (Lipinski definition) is 1. The first-order chi connectivity index (χ1) is 11.2. The smallest absolute Gasteiger partial charge is 0.247 e. The fourth-order valence-corrected chi connectivity index (χ4v) is 3.25. The molecule has 1 N–H and O–H groups in total. The molecular formula is C17H22ClN3O2. The second-order valence-electron chi connectivity index (χ2n) is 6.02. The van der Waals surface area contributed by atoms with Crippen LogP contribution in [0.4, 0.5) is 0 Å². The summed E-state index contributed by atoms with van der Waals surface area (Å²) in [7, 11) is 0. The lowest BCUT2D eigenvalue weighted by atomic mass is 9.96. The summed E-state index contributed by atoms with van der Waals surface area (Å²) in [6.07, 6.45) is 3.80. The molecule has 1 aromatic carbocycles. The lowest BCUT2D eigenvalue weighted by molar-refractivity contribution is 0.0155. The number of hydrogen-bond acceptors (Lipinski definition) is 5. The van der Waals surface area contributed by atoms with Gasteiger partial charge in [0, 0.05) is 16.6 Å². The number of piperidine rings is 1. The molecule has 0 saturated carbocycles. The van der Waals surface area contributed by atoms with Gasteiger partial charge in [0.1, 0.15) is 0 Å². The molecule has 0 amide bonds. The van der Waals surface area contributed by atoms with E-state index in [2.05, 4.69) is 15.1 Å². The number of aromatic nitrogens is 2. The van der Waals surface area contributed by atoms with E-state index < -0.39 is 0 Å². The summed E-state index contributed by atoms with van der Waals surface area (Å²) in [5.41, 5.74) is 0.858. The fourth-order valence-electron chi connectivity index (χ4n) is 3.12. The third-order valence-electron chi connectivity index (χ3n) is 4.42. The fraction of sp³-hybridized carbons (Fsp3) is 0.529. The van der Waals surface area contributed by atoms with E-state index >= 15 is 0 Å². The van der Waals surface area contributed by atoms with E-state index in [1.807, 2.05) is 19.1 Å². The Bertz CT molecular complexity index is 629. The zero-order valence-electron chi connectivity index (χ0n) is 13.3. The number of aliphatic hydroxyl groups is 1. The van der Waals surface area contributed by atoms with Crippen LogP contribution < -0.4 is 0 Å². The number of aliphatic hydroxyl groups excluding tert-OH is 1. The molecule has 0 spiro atoms. The van der Waals surface area contributed by atoms with Gasteiger partial charge >= 0.3 is 0 Å². The highest BCUT2D eigenvalue weighted by Gasteiger charge is 2.29. The van der Waals surface area contributed by atoms with Gasteiger partial charge in [-0.1, -0.05) is 24.9 Å². The van der Waals surface area contributed by atoms with Gasteiger partial charge in [-0.15, -0.1) is 10.2 Å². The molecule has 2 heterocycles. The second-order valence-corrected chi connectivity index (χ2v) is 6.45. The molecular weight excluding hydrogens is 314 g/mol. The van der Waals surface area contributed by atoms with Gasteiger partial charge in [-0.25, -0.2) is 0 Å². The minimum Gasteiger partial charge on any atom is -0.419 e. The van der Waals surface area contributed by atoms with Crippen LogP contribution >= 0.6 is 11.6 Å². The summed E-state index contributed by atoms with van der Waals surface area (Å²) in [4.78, 5) is 2.26. The Morgan fingerprint density at radius 2 is 2.09 bits per heavy atom. The summed E-state index contributed by atoms with van der Waals surface area (Å²) in [5, 5.41) is 19.2. The molecule has 2 atom stereocenters. The zero-order chi connectivity index (χ0) is 16.2. The monoisotopic (exact) mass is 335 g/mol. The maximum Gasteiger partial charge on any atom is 0.247 e. The Hall–Kier alpha value is -1.43. The van der Waals surface area contributed by atoms with Gasteiger partial charge in [-0.2, -0.15) is 0 Å². The number of nitrogens with zero attached hydrogens (tertiary/aromatic N) is 3. The van der Waals surface area contributed by atoms with Gasteiger partial charge in [-0.05, 0) is 50.1 Å². The minimum atomic E-state index is -0.297. The van der Waals surface area contributed by atoms with Gasteiger partial charge in [0.05, 0.1) is 12.6 Å². The van der Waals surface area contributed by atoms with Crippen LogP contribution in [-0.2, 0) is 6.54 Å². The third-order valence-corrected chi connectivity index (χ3v) is 4.68. The summed E-state index contributed by atoms with van der Waals surface area (Å²) >= 11 is 5.90. The van der Waals surface area contributed by atoms with Crippen LogP contribution in [0.5, 0.6) is 0 Å². The Kier molecular flexibility index (Phi) is 5.30. The average molecular weight is 336 g/mol. The summed E-state index contributed by atoms with van der Waals surface area (Å²) in [6, 6.07) is 7.52. The number of rotatable bonds is 5. The average Bonchev–Trinajstić information content (AvgIpc) is 3.04. The van der Waals surface area contributed by atoms with Gasteiger partial charge < -0.3 is 9.52 Å². The largest absolute Gasteiger partial charge is 0.419 e. The Morgan fingerprint density at radius 1 is 1.30 bits per heavy atom. The van der Waals surface area contributed by atoms with Crippen LogP contribution in [0.25, 0.3) is 11.5 Å². The molecule has 1 aliphatic heterocycles. The van der Waals surface area contributed by atoms with Gasteiger partial charge in [0.2, 0.25) is 11.8 Å². The van der Waals surface area contributed by atoms with E-state index in [1.54, 1.807) is 12.1 Å². The molecule has 1 aromatic heterocycles. The standard InChI is InChI=1S/C17H22ClN3O2/c1-2-15(22)14-5-3-4-10-21(14)11-16-19-20-17(23-16)12-6-8-13(18)9-7-12/h6-9,14-15,22H,2-5,10-11H2,1H3. The molecule has 3 rings (SSSR count). The van der Waals surface area contributed by atoms with Crippen LogP contribution in [0.15, 0.2) is 28.7 Å². The van der Waals surface area contributed by atoms with E-state index in [9.17, 15) is 5.11 Å². The van der Waals surface area contributed by atoms with E-state index in [1.165, 1.54) is 0 Å². The Labute approximate surface area is 141 Å². The molecule has 1 aliphatic rings. The number of halogens is 1. The molecule has 2 aromatic rings. The van der Waals surface area contributed by atoms with E-state index in [0.29, 0.717) is 23.3 Å². The minimum absolute atomic E-state index is 0.180. The lowest BCUT2D eigenvalue weighted by Gasteiger charge is -2.37. The summed E-state index contributed by atoms with van der Waals surface area (Å²) in [6.45, 7) is 3.56. The van der Waals surface area contributed by atoms with Crippen molar-refractivity contribution in [3.8, 4) is 11.5 Å². The number of benzene rings is 1. The predicted octanol–water partition coefficient (Wildman–Crippen LogP) is 3.52. The Morgan fingerprint density at radius 3 is 2.83 bits per heavy atom. The van der Waals surface area contributed by atoms with Crippen LogP contribution in [0.2, 0.25) is 5.02 Å². The first-order valence-corrected chi connectivity index (χ1v) is 8.55. The van der Waals surface area contributed by atoms with Crippen molar-refractivity contribution in [3.63, 3.8) is 0 Å². The van der Waals surface area contributed by atoms with Crippen molar-refractivity contribution in [2.24, 2.45) is 0 Å². The first kappa shape index (κ1) is 16.4. The summed E-state index contributed by atoms with van der Waals surface area (Å²) < 4.78 is 5.79. The van der Waals surface area contributed by atoms with Crippen molar-refractivity contribution < 1.29 is 9.52 Å². The van der Waals surface area contributed by atoms with Gasteiger partial charge in [0.25, 0.3) is 0 Å². The van der Waals surface area contributed by atoms with Gasteiger partial charge in [-0.3, -0.25) is 4.90 Å². The quantitative estimate of drug-likeness (QED) is 0.905. The molecule has 0 bridgehead atoms. The van der Waals surface area contributed by atoms with E-state index in [0.717, 1.165) is 37.8 Å². The molecule has 1 fully saturated rings. The van der Waals surface area contributed by atoms with Crippen molar-refractivity contribution in [1.82, 2.24) is 15.1 Å². The SMILES string of the molecule is CCC(O)C1CCCCN1Cc1nnc(-c2ccc(Cl)cc2)o1. The van der Waals surface area contributed by atoms with Crippen molar-refractivity contribution in [2.75, 3.05) is 6.54 Å². The normalized spacial score (nSPS) is 20.6. The lowest BCUT2D eigenvalue weighted by Crippen LogP contribution is -2.46. The van der Waals surface area contributed by atoms with Crippen molar-refractivity contribution in [2.45, 2.75) is 51.3 Å². The maximum absolute atomic E-state index is 10.2. The highest BCUT2D eigenvalue weighted by atomic mass is 35.5. The molecule has 0 aliphatic carbocycles. The molecule has 124 valence electrons. The van der Waals surface area contributed by atoms with Gasteiger partial charge in [0.15, 0.2) is 0 Å². The Balaban J connectivity index is 1.71. The molecule has 2 unspecified atom stereocenters. The van der Waals surface area contributed by atoms with Crippen molar-refractivity contribution in [1.29, 1.82) is 0 Å². The first-order valence-electron chi connectivity index (χ1n) is 8.18. The number of likely N-dealkylation sites (tertiary alicyclic amines) is 1. The molecule has 1 saturated heterocycles.